The van der Waals surface area contributed by atoms with Gasteiger partial charge in [0.1, 0.15) is 0 Å². The summed E-state index contributed by atoms with van der Waals surface area (Å²) in [4.78, 5) is 21.6. The zero-order valence-electron chi connectivity index (χ0n) is 2.70. The van der Waals surface area contributed by atoms with E-state index in [0.29, 0.717) is 0 Å². The summed E-state index contributed by atoms with van der Waals surface area (Å²) >= 11 is 0. The molecule has 0 aliphatic carbocycles. The SMILES string of the molecule is O.O=P(O)(O)O.[CaH2].[NaH]. The summed E-state index contributed by atoms with van der Waals surface area (Å²) < 4.78 is 8.88. The van der Waals surface area contributed by atoms with E-state index in [2.05, 4.69) is 0 Å². The normalized spacial score (nSPS) is 7.38. The van der Waals surface area contributed by atoms with Gasteiger partial charge in [-0.05, 0) is 0 Å². The molecule has 0 unspecified atom stereocenters. The van der Waals surface area contributed by atoms with Crippen LogP contribution in [0, 0.1) is 0 Å². The maximum atomic E-state index is 8.88. The van der Waals surface area contributed by atoms with Gasteiger partial charge in [-0.3, -0.25) is 0 Å². The van der Waals surface area contributed by atoms with Crippen LogP contribution in [0.15, 0.2) is 0 Å². The molecule has 0 heterocycles. The predicted octanol–water partition coefficient (Wildman–Crippen LogP) is -3.32. The third kappa shape index (κ3) is 82.5. The van der Waals surface area contributed by atoms with Crippen LogP contribution in [0.5, 0.6) is 0 Å². The second kappa shape index (κ2) is 9.33. The van der Waals surface area contributed by atoms with Gasteiger partial charge >= 0.3 is 75.1 Å². The van der Waals surface area contributed by atoms with E-state index in [1.54, 1.807) is 0 Å². The summed E-state index contributed by atoms with van der Waals surface area (Å²) in [5, 5.41) is 0. The molecule has 46 valence electrons. The molecule has 0 atom stereocenters. The van der Waals surface area contributed by atoms with Gasteiger partial charge in [0.2, 0.25) is 0 Å². The first-order valence-corrected chi connectivity index (χ1v) is 2.35. The number of rotatable bonds is 0. The number of hydrogen-bond donors (Lipinski definition) is 3. The first kappa shape index (κ1) is 22.4. The van der Waals surface area contributed by atoms with E-state index in [9.17, 15) is 0 Å². The molecule has 5 N–H and O–H groups in total. The molecule has 8 heteroatoms. The molecular formula is H8CaNaO5P. The molecular weight excluding hydrogens is 174 g/mol. The average molecular weight is 182 g/mol. The first-order valence-electron chi connectivity index (χ1n) is 0.783. The van der Waals surface area contributed by atoms with E-state index >= 15 is 0 Å². The molecule has 0 rings (SSSR count). The zero-order valence-corrected chi connectivity index (χ0v) is 3.59. The van der Waals surface area contributed by atoms with E-state index in [1.807, 2.05) is 0 Å². The molecule has 0 fully saturated rings. The van der Waals surface area contributed by atoms with Crippen LogP contribution in [0.4, 0.5) is 0 Å². The molecule has 0 aromatic rings. The Hall–Kier alpha value is 2.33. The van der Waals surface area contributed by atoms with Gasteiger partial charge in [0, 0.05) is 0 Å². The van der Waals surface area contributed by atoms with Crippen molar-refractivity contribution < 1.29 is 24.7 Å². The van der Waals surface area contributed by atoms with Gasteiger partial charge in [-0.2, -0.15) is 0 Å². The topological polar surface area (TPSA) is 109 Å². The Kier molecular flexibility index (Phi) is 26.2. The van der Waals surface area contributed by atoms with Crippen molar-refractivity contribution in [3.8, 4) is 0 Å². The molecule has 0 aromatic heterocycles. The van der Waals surface area contributed by atoms with Gasteiger partial charge in [-0.1, -0.05) is 0 Å². The maximum absolute atomic E-state index is 8.88. The zero-order chi connectivity index (χ0) is 4.50. The van der Waals surface area contributed by atoms with Gasteiger partial charge in [0.25, 0.3) is 0 Å². The van der Waals surface area contributed by atoms with E-state index < -0.39 is 7.82 Å². The first-order chi connectivity index (χ1) is 2.00. The Labute approximate surface area is 98.3 Å². The van der Waals surface area contributed by atoms with Crippen molar-refractivity contribution >= 4 is 75.1 Å². The summed E-state index contributed by atoms with van der Waals surface area (Å²) in [6, 6.07) is 0. The molecule has 0 aliphatic rings. The fourth-order valence-corrected chi connectivity index (χ4v) is 0. The summed E-state index contributed by atoms with van der Waals surface area (Å²) in [5.41, 5.74) is 0. The van der Waals surface area contributed by atoms with Gasteiger partial charge in [-0.25, -0.2) is 4.57 Å². The molecule has 0 aliphatic heterocycles. The molecule has 0 spiro atoms. The van der Waals surface area contributed by atoms with Crippen LogP contribution in [0.25, 0.3) is 0 Å². The van der Waals surface area contributed by atoms with Crippen molar-refractivity contribution in [2.45, 2.75) is 0 Å². The van der Waals surface area contributed by atoms with E-state index in [0.717, 1.165) is 0 Å². The van der Waals surface area contributed by atoms with Crippen molar-refractivity contribution in [1.29, 1.82) is 0 Å². The summed E-state index contributed by atoms with van der Waals surface area (Å²) in [6.07, 6.45) is 0. The minimum atomic E-state index is -4.64. The quantitative estimate of drug-likeness (QED) is 0.269. The van der Waals surface area contributed by atoms with Crippen molar-refractivity contribution in [1.82, 2.24) is 0 Å². The van der Waals surface area contributed by atoms with Crippen molar-refractivity contribution in [2.24, 2.45) is 0 Å². The van der Waals surface area contributed by atoms with Crippen LogP contribution >= 0.6 is 7.82 Å². The standard InChI is InChI=1S/Ca.Na.H3O4P.H2O.3H/c;;1-5(2,3)4;;;;/h;;(H3,1,2,3,4);1H2;;;. The van der Waals surface area contributed by atoms with Crippen LogP contribution in [0.2, 0.25) is 0 Å². The van der Waals surface area contributed by atoms with E-state index in [4.69, 9.17) is 19.2 Å². The monoisotopic (exact) mass is 182 g/mol. The second-order valence-electron chi connectivity index (χ2n) is 0.513. The van der Waals surface area contributed by atoms with Crippen LogP contribution < -0.4 is 0 Å². The fraction of sp³-hybridized carbons (Fsp3) is 0. The van der Waals surface area contributed by atoms with E-state index in [-0.39, 0.29) is 72.8 Å². The molecule has 5 nitrogen and oxygen atoms in total. The number of phosphoric acid groups is 1. The Morgan fingerprint density at radius 1 is 1.12 bits per heavy atom. The summed E-state index contributed by atoms with van der Waals surface area (Å²) in [7, 11) is -4.64. The molecule has 0 aromatic carbocycles. The third-order valence-corrected chi connectivity index (χ3v) is 0. The molecule has 0 saturated heterocycles. The fourth-order valence-electron chi connectivity index (χ4n) is 0. The number of hydrogen-bond acceptors (Lipinski definition) is 1. The Balaban J connectivity index is -0.0000000267. The predicted molar refractivity (Wildman–Crippen MR) is 33.6 cm³/mol. The summed E-state index contributed by atoms with van der Waals surface area (Å²) in [5.74, 6) is 0. The van der Waals surface area contributed by atoms with Crippen molar-refractivity contribution in [3.05, 3.63) is 0 Å². The van der Waals surface area contributed by atoms with Gasteiger partial charge in [0.15, 0.2) is 0 Å². The van der Waals surface area contributed by atoms with Crippen molar-refractivity contribution in [2.75, 3.05) is 0 Å². The molecule has 0 saturated carbocycles. The third-order valence-electron chi connectivity index (χ3n) is 0. The van der Waals surface area contributed by atoms with E-state index in [1.165, 1.54) is 0 Å². The second-order valence-corrected chi connectivity index (χ2v) is 1.54. The molecule has 0 amide bonds. The Morgan fingerprint density at radius 2 is 1.12 bits per heavy atom. The van der Waals surface area contributed by atoms with Gasteiger partial charge < -0.3 is 20.2 Å². The average Bonchev–Trinajstić information content (AvgIpc) is 0.722. The van der Waals surface area contributed by atoms with Crippen LogP contribution in [-0.4, -0.2) is 87.5 Å². The van der Waals surface area contributed by atoms with Crippen LogP contribution in [0.1, 0.15) is 0 Å². The Bertz CT molecular complexity index is 58.6. The van der Waals surface area contributed by atoms with Crippen LogP contribution in [-0.2, 0) is 4.57 Å². The van der Waals surface area contributed by atoms with Crippen LogP contribution in [0.3, 0.4) is 0 Å². The minimum absolute atomic E-state index is 0. The van der Waals surface area contributed by atoms with Crippen molar-refractivity contribution in [3.63, 3.8) is 0 Å². The molecule has 0 radical (unpaired) electrons. The Morgan fingerprint density at radius 3 is 1.12 bits per heavy atom. The summed E-state index contributed by atoms with van der Waals surface area (Å²) in [6.45, 7) is 0. The van der Waals surface area contributed by atoms with Gasteiger partial charge in [0.05, 0.1) is 0 Å². The molecule has 8 heavy (non-hydrogen) atoms. The molecule has 0 bridgehead atoms. The van der Waals surface area contributed by atoms with Gasteiger partial charge in [-0.15, -0.1) is 0 Å².